The molecule has 0 aliphatic carbocycles. The molecule has 1 amide bonds. The van der Waals surface area contributed by atoms with Crippen molar-refractivity contribution in [2.75, 3.05) is 19.8 Å². The summed E-state index contributed by atoms with van der Waals surface area (Å²) >= 11 is 5.84. The van der Waals surface area contributed by atoms with Gasteiger partial charge in [0, 0.05) is 30.3 Å². The van der Waals surface area contributed by atoms with Gasteiger partial charge in [0.05, 0.1) is 6.04 Å². The maximum atomic E-state index is 15.0. The number of hydrogen-bond acceptors (Lipinski definition) is 5. The zero-order valence-corrected chi connectivity index (χ0v) is 18.8. The van der Waals surface area contributed by atoms with Gasteiger partial charge in [0.1, 0.15) is 6.17 Å². The molecular formula is C22H27ClF3N5O2. The lowest BCUT2D eigenvalue weighted by atomic mass is 10.0. The topological polar surface area (TPSA) is 115 Å². The van der Waals surface area contributed by atoms with Crippen LogP contribution < -0.4 is 22.1 Å². The van der Waals surface area contributed by atoms with Gasteiger partial charge in [0.25, 0.3) is 5.91 Å². The summed E-state index contributed by atoms with van der Waals surface area (Å²) in [7, 11) is 0. The molecule has 0 aliphatic heterocycles. The van der Waals surface area contributed by atoms with Gasteiger partial charge < -0.3 is 21.5 Å². The van der Waals surface area contributed by atoms with E-state index in [1.807, 2.05) is 6.92 Å². The lowest BCUT2D eigenvalue weighted by molar-refractivity contribution is 0.0974. The number of carbonyl (C=O) groups excluding carboxylic acids is 1. The van der Waals surface area contributed by atoms with Crippen LogP contribution >= 0.6 is 11.6 Å². The van der Waals surface area contributed by atoms with E-state index in [4.69, 9.17) is 27.8 Å². The minimum atomic E-state index is -1.76. The fourth-order valence-corrected chi connectivity index (χ4v) is 2.90. The number of benzene rings is 2. The molecule has 0 saturated heterocycles. The Morgan fingerprint density at radius 1 is 1.15 bits per heavy atom. The molecule has 3 unspecified atom stereocenters. The standard InChI is InChI=1S/C22H27ClF3N5O2/c1-2-33-11-3-10-29-22(31-21(32)14-6-9-16(24)17(25)12-14)30-20(28)18(26)19(27)13-4-7-15(23)8-5-13/h4-9,12,18-20H,2-3,10-11,27-28H2,1H3,(H2,29,30,31,32). The summed E-state index contributed by atoms with van der Waals surface area (Å²) in [6, 6.07) is 7.92. The van der Waals surface area contributed by atoms with Crippen molar-refractivity contribution in [1.82, 2.24) is 10.6 Å². The minimum Gasteiger partial charge on any atom is -0.382 e. The molecule has 0 aliphatic rings. The molecule has 0 saturated carbocycles. The van der Waals surface area contributed by atoms with E-state index in [0.29, 0.717) is 30.2 Å². The molecule has 0 bridgehead atoms. The predicted octanol–water partition coefficient (Wildman–Crippen LogP) is 3.04. The smallest absolute Gasteiger partial charge is 0.258 e. The van der Waals surface area contributed by atoms with Crippen molar-refractivity contribution >= 4 is 23.5 Å². The number of hydrogen-bond donors (Lipinski definition) is 4. The number of rotatable bonds is 10. The molecule has 0 heterocycles. The summed E-state index contributed by atoms with van der Waals surface area (Å²) in [5.41, 5.74) is 12.2. The van der Waals surface area contributed by atoms with E-state index in [9.17, 15) is 18.0 Å². The number of nitrogens with zero attached hydrogens (tertiary/aromatic N) is 1. The molecule has 0 aromatic heterocycles. The quantitative estimate of drug-likeness (QED) is 0.179. The number of aliphatic imine (C=N–C) groups is 1. The highest BCUT2D eigenvalue weighted by Gasteiger charge is 2.27. The zero-order valence-electron chi connectivity index (χ0n) is 18.0. The first kappa shape index (κ1) is 26.6. The van der Waals surface area contributed by atoms with Crippen molar-refractivity contribution in [3.05, 3.63) is 70.2 Å². The molecule has 0 radical (unpaired) electrons. The van der Waals surface area contributed by atoms with E-state index in [1.54, 1.807) is 24.3 Å². The van der Waals surface area contributed by atoms with Crippen LogP contribution in [0.25, 0.3) is 0 Å². The lowest BCUT2D eigenvalue weighted by Gasteiger charge is -2.25. The van der Waals surface area contributed by atoms with Gasteiger partial charge in [-0.15, -0.1) is 0 Å². The van der Waals surface area contributed by atoms with E-state index in [2.05, 4.69) is 15.6 Å². The fraction of sp³-hybridized carbons (Fsp3) is 0.364. The third kappa shape index (κ3) is 8.32. The second-order valence-electron chi connectivity index (χ2n) is 7.06. The molecule has 6 N–H and O–H groups in total. The first-order valence-electron chi connectivity index (χ1n) is 10.3. The minimum absolute atomic E-state index is 0.139. The Morgan fingerprint density at radius 3 is 2.48 bits per heavy atom. The van der Waals surface area contributed by atoms with Gasteiger partial charge in [-0.1, -0.05) is 23.7 Å². The molecule has 2 aromatic carbocycles. The van der Waals surface area contributed by atoms with E-state index >= 15 is 0 Å². The predicted molar refractivity (Wildman–Crippen MR) is 122 cm³/mol. The SMILES string of the molecule is CCOCCCN=C(NC(=O)c1ccc(F)c(F)c1)NC(N)C(F)C(N)c1ccc(Cl)cc1. The van der Waals surface area contributed by atoms with E-state index in [1.165, 1.54) is 0 Å². The molecule has 2 rings (SSSR count). The third-order valence-corrected chi connectivity index (χ3v) is 4.83. The van der Waals surface area contributed by atoms with Crippen LogP contribution in [0.2, 0.25) is 5.02 Å². The number of ether oxygens (including phenoxy) is 1. The Kier molecular flexibility index (Phi) is 10.6. The molecule has 2 aromatic rings. The van der Waals surface area contributed by atoms with Crippen molar-refractivity contribution in [1.29, 1.82) is 0 Å². The number of nitrogens with one attached hydrogen (secondary N) is 2. The van der Waals surface area contributed by atoms with Gasteiger partial charge in [-0.2, -0.15) is 0 Å². The van der Waals surface area contributed by atoms with Crippen molar-refractivity contribution in [3.63, 3.8) is 0 Å². The number of halogens is 4. The second-order valence-corrected chi connectivity index (χ2v) is 7.49. The molecule has 33 heavy (non-hydrogen) atoms. The van der Waals surface area contributed by atoms with Gasteiger partial charge in [-0.25, -0.2) is 13.2 Å². The Bertz CT molecular complexity index is 946. The number of amides is 1. The average molecular weight is 486 g/mol. The van der Waals surface area contributed by atoms with Crippen LogP contribution in [0.1, 0.15) is 35.3 Å². The van der Waals surface area contributed by atoms with Gasteiger partial charge >= 0.3 is 0 Å². The normalized spacial score (nSPS) is 14.5. The van der Waals surface area contributed by atoms with Crippen molar-refractivity contribution < 1.29 is 22.7 Å². The number of guanidine groups is 1. The van der Waals surface area contributed by atoms with Crippen LogP contribution in [0.3, 0.4) is 0 Å². The molecule has 11 heteroatoms. The summed E-state index contributed by atoms with van der Waals surface area (Å²) in [6.07, 6.45) is -2.58. The maximum absolute atomic E-state index is 15.0. The van der Waals surface area contributed by atoms with Crippen LogP contribution in [0.15, 0.2) is 47.5 Å². The molecule has 0 spiro atoms. The summed E-state index contributed by atoms with van der Waals surface area (Å²) in [5, 5.41) is 5.49. The van der Waals surface area contributed by atoms with Gasteiger partial charge in [0.15, 0.2) is 23.8 Å². The first-order valence-corrected chi connectivity index (χ1v) is 10.7. The third-order valence-electron chi connectivity index (χ3n) is 4.58. The van der Waals surface area contributed by atoms with Gasteiger partial charge in [-0.3, -0.25) is 15.1 Å². The Morgan fingerprint density at radius 2 is 1.85 bits per heavy atom. The second kappa shape index (κ2) is 13.1. The van der Waals surface area contributed by atoms with Crippen molar-refractivity contribution in [3.8, 4) is 0 Å². The summed E-state index contributed by atoms with van der Waals surface area (Å²) < 4.78 is 46.8. The van der Waals surface area contributed by atoms with Crippen molar-refractivity contribution in [2.24, 2.45) is 16.5 Å². The highest BCUT2D eigenvalue weighted by molar-refractivity contribution is 6.30. The van der Waals surface area contributed by atoms with E-state index in [0.717, 1.165) is 18.2 Å². The number of carbonyl (C=O) groups is 1. The molecule has 3 atom stereocenters. The van der Waals surface area contributed by atoms with Crippen LogP contribution in [0.5, 0.6) is 0 Å². The van der Waals surface area contributed by atoms with E-state index < -0.39 is 35.9 Å². The fourth-order valence-electron chi connectivity index (χ4n) is 2.77. The highest BCUT2D eigenvalue weighted by atomic mass is 35.5. The Labute approximate surface area is 195 Å². The van der Waals surface area contributed by atoms with Crippen LogP contribution in [-0.2, 0) is 4.74 Å². The Balaban J connectivity index is 2.11. The maximum Gasteiger partial charge on any atom is 0.258 e. The van der Waals surface area contributed by atoms with E-state index in [-0.39, 0.29) is 18.1 Å². The van der Waals surface area contributed by atoms with Gasteiger partial charge in [0.2, 0.25) is 0 Å². The molecule has 7 nitrogen and oxygen atoms in total. The highest BCUT2D eigenvalue weighted by Crippen LogP contribution is 2.20. The van der Waals surface area contributed by atoms with Gasteiger partial charge in [-0.05, 0) is 49.2 Å². The summed E-state index contributed by atoms with van der Waals surface area (Å²) in [4.78, 5) is 16.7. The summed E-state index contributed by atoms with van der Waals surface area (Å²) in [6.45, 7) is 3.05. The van der Waals surface area contributed by atoms with Crippen LogP contribution in [0.4, 0.5) is 13.2 Å². The van der Waals surface area contributed by atoms with Crippen LogP contribution in [0, 0.1) is 11.6 Å². The van der Waals surface area contributed by atoms with Crippen molar-refractivity contribution in [2.45, 2.75) is 31.7 Å². The first-order chi connectivity index (χ1) is 15.7. The average Bonchev–Trinajstić information content (AvgIpc) is 2.80. The number of nitrogens with two attached hydrogens (primary N) is 2. The Hall–Kier alpha value is -2.66. The zero-order chi connectivity index (χ0) is 24.4. The molecule has 0 fully saturated rings. The summed E-state index contributed by atoms with van der Waals surface area (Å²) in [5.74, 6) is -3.19. The number of alkyl halides is 1. The largest absolute Gasteiger partial charge is 0.382 e. The lowest BCUT2D eigenvalue weighted by Crippen LogP contribution is -2.55. The molecular weight excluding hydrogens is 459 g/mol. The van der Waals surface area contributed by atoms with Crippen LogP contribution in [-0.4, -0.2) is 44.0 Å². The monoisotopic (exact) mass is 485 g/mol. The molecule has 180 valence electrons.